The van der Waals surface area contributed by atoms with Crippen molar-refractivity contribution in [3.05, 3.63) is 53.3 Å². The SMILES string of the molecule is CC[C@H](O)c1ccc(Oc2cc(C)cc(C)c2)cn1. The second-order valence-corrected chi connectivity index (χ2v) is 4.77. The fourth-order valence-electron chi connectivity index (χ4n) is 1.99. The zero-order valence-electron chi connectivity index (χ0n) is 11.6. The van der Waals surface area contributed by atoms with Crippen LogP contribution in [0.2, 0.25) is 0 Å². The predicted octanol–water partition coefficient (Wildman–Crippen LogP) is 3.93. The minimum atomic E-state index is -0.504. The molecule has 2 aromatic rings. The first-order chi connectivity index (χ1) is 9.08. The van der Waals surface area contributed by atoms with E-state index in [9.17, 15) is 5.11 Å². The number of aliphatic hydroxyl groups excluding tert-OH is 1. The van der Waals surface area contributed by atoms with E-state index < -0.39 is 6.10 Å². The van der Waals surface area contributed by atoms with Gasteiger partial charge in [0.2, 0.25) is 0 Å². The van der Waals surface area contributed by atoms with Crippen LogP contribution in [-0.2, 0) is 0 Å². The van der Waals surface area contributed by atoms with Gasteiger partial charge in [-0.1, -0.05) is 13.0 Å². The maximum Gasteiger partial charge on any atom is 0.145 e. The third kappa shape index (κ3) is 3.55. The summed E-state index contributed by atoms with van der Waals surface area (Å²) in [7, 11) is 0. The van der Waals surface area contributed by atoms with Crippen molar-refractivity contribution < 1.29 is 9.84 Å². The number of benzene rings is 1. The van der Waals surface area contributed by atoms with Crippen LogP contribution in [0.25, 0.3) is 0 Å². The maximum absolute atomic E-state index is 9.68. The Morgan fingerprint density at radius 3 is 2.32 bits per heavy atom. The van der Waals surface area contributed by atoms with Crippen LogP contribution < -0.4 is 4.74 Å². The standard InChI is InChI=1S/C16H19NO2/c1-4-16(18)15-6-5-13(10-17-15)19-14-8-11(2)7-12(3)9-14/h5-10,16,18H,4H2,1-3H3/t16-/m0/s1. The van der Waals surface area contributed by atoms with E-state index >= 15 is 0 Å². The van der Waals surface area contributed by atoms with Crippen molar-refractivity contribution in [3.63, 3.8) is 0 Å². The number of hydrogen-bond acceptors (Lipinski definition) is 3. The van der Waals surface area contributed by atoms with Crippen LogP contribution in [0.15, 0.2) is 36.5 Å². The molecular formula is C16H19NO2. The van der Waals surface area contributed by atoms with Gasteiger partial charge in [-0.05, 0) is 55.7 Å². The van der Waals surface area contributed by atoms with Crippen molar-refractivity contribution >= 4 is 0 Å². The molecule has 3 nitrogen and oxygen atoms in total. The summed E-state index contributed by atoms with van der Waals surface area (Å²) >= 11 is 0. The van der Waals surface area contributed by atoms with Crippen LogP contribution in [0.5, 0.6) is 11.5 Å². The van der Waals surface area contributed by atoms with Crippen LogP contribution in [0.1, 0.15) is 36.3 Å². The lowest BCUT2D eigenvalue weighted by atomic mass is 10.1. The number of hydrogen-bond donors (Lipinski definition) is 1. The highest BCUT2D eigenvalue weighted by Crippen LogP contribution is 2.24. The number of nitrogens with zero attached hydrogens (tertiary/aromatic N) is 1. The number of aliphatic hydroxyl groups is 1. The third-order valence-electron chi connectivity index (χ3n) is 2.92. The Morgan fingerprint density at radius 2 is 1.79 bits per heavy atom. The van der Waals surface area contributed by atoms with Crippen LogP contribution in [0.3, 0.4) is 0 Å². The van der Waals surface area contributed by atoms with Gasteiger partial charge in [-0.25, -0.2) is 0 Å². The molecule has 0 saturated heterocycles. The van der Waals surface area contributed by atoms with Crippen molar-refractivity contribution in [2.24, 2.45) is 0 Å². The molecule has 0 fully saturated rings. The number of ether oxygens (including phenoxy) is 1. The monoisotopic (exact) mass is 257 g/mol. The molecule has 0 bridgehead atoms. The molecule has 3 heteroatoms. The molecule has 1 atom stereocenters. The summed E-state index contributed by atoms with van der Waals surface area (Å²) in [5.74, 6) is 1.49. The van der Waals surface area contributed by atoms with Crippen molar-refractivity contribution in [1.29, 1.82) is 0 Å². The molecule has 0 aliphatic rings. The Balaban J connectivity index is 2.15. The lowest BCUT2D eigenvalue weighted by molar-refractivity contribution is 0.169. The first kappa shape index (κ1) is 13.6. The number of aromatic nitrogens is 1. The van der Waals surface area contributed by atoms with Gasteiger partial charge in [0, 0.05) is 0 Å². The molecule has 1 aromatic carbocycles. The second kappa shape index (κ2) is 5.85. The molecule has 1 aromatic heterocycles. The summed E-state index contributed by atoms with van der Waals surface area (Å²) in [6.45, 7) is 6.00. The summed E-state index contributed by atoms with van der Waals surface area (Å²) in [4.78, 5) is 4.22. The van der Waals surface area contributed by atoms with Crippen molar-refractivity contribution in [1.82, 2.24) is 4.98 Å². The smallest absolute Gasteiger partial charge is 0.145 e. The van der Waals surface area contributed by atoms with Gasteiger partial charge in [0.05, 0.1) is 18.0 Å². The minimum Gasteiger partial charge on any atom is -0.456 e. The first-order valence-corrected chi connectivity index (χ1v) is 6.48. The molecule has 0 saturated carbocycles. The first-order valence-electron chi connectivity index (χ1n) is 6.48. The van der Waals surface area contributed by atoms with Gasteiger partial charge in [0.15, 0.2) is 0 Å². The van der Waals surface area contributed by atoms with Gasteiger partial charge < -0.3 is 9.84 Å². The highest BCUT2D eigenvalue weighted by atomic mass is 16.5. The summed E-state index contributed by atoms with van der Waals surface area (Å²) in [5, 5.41) is 9.68. The highest BCUT2D eigenvalue weighted by molar-refractivity contribution is 5.36. The molecule has 0 radical (unpaired) electrons. The number of pyridine rings is 1. The van der Waals surface area contributed by atoms with Crippen molar-refractivity contribution in [2.75, 3.05) is 0 Å². The lowest BCUT2D eigenvalue weighted by Gasteiger charge is -2.10. The highest BCUT2D eigenvalue weighted by Gasteiger charge is 2.06. The van der Waals surface area contributed by atoms with E-state index in [2.05, 4.69) is 11.1 Å². The fourth-order valence-corrected chi connectivity index (χ4v) is 1.99. The zero-order chi connectivity index (χ0) is 13.8. The molecule has 1 heterocycles. The van der Waals surface area contributed by atoms with Gasteiger partial charge in [-0.15, -0.1) is 0 Å². The largest absolute Gasteiger partial charge is 0.456 e. The molecule has 19 heavy (non-hydrogen) atoms. The van der Waals surface area contributed by atoms with E-state index in [4.69, 9.17) is 4.74 Å². The molecule has 2 rings (SSSR count). The van der Waals surface area contributed by atoms with E-state index in [0.29, 0.717) is 17.9 Å². The minimum absolute atomic E-state index is 0.504. The maximum atomic E-state index is 9.68. The summed E-state index contributed by atoms with van der Waals surface area (Å²) in [6.07, 6.45) is 1.80. The van der Waals surface area contributed by atoms with Gasteiger partial charge in [0.25, 0.3) is 0 Å². The molecule has 0 amide bonds. The topological polar surface area (TPSA) is 42.4 Å². The molecular weight excluding hydrogens is 238 g/mol. The molecule has 0 spiro atoms. The van der Waals surface area contributed by atoms with E-state index in [0.717, 1.165) is 5.75 Å². The molecule has 0 aliphatic carbocycles. The summed E-state index contributed by atoms with van der Waals surface area (Å²) in [5.41, 5.74) is 3.01. The third-order valence-corrected chi connectivity index (χ3v) is 2.92. The average Bonchev–Trinajstić information content (AvgIpc) is 2.37. The summed E-state index contributed by atoms with van der Waals surface area (Å²) in [6, 6.07) is 9.71. The van der Waals surface area contributed by atoms with E-state index in [1.165, 1.54) is 11.1 Å². The van der Waals surface area contributed by atoms with Gasteiger partial charge in [-0.2, -0.15) is 0 Å². The lowest BCUT2D eigenvalue weighted by Crippen LogP contribution is -1.98. The number of aryl methyl sites for hydroxylation is 2. The molecule has 0 aliphatic heterocycles. The van der Waals surface area contributed by atoms with E-state index in [1.807, 2.05) is 39.0 Å². The van der Waals surface area contributed by atoms with Gasteiger partial charge >= 0.3 is 0 Å². The van der Waals surface area contributed by atoms with Gasteiger partial charge in [-0.3, -0.25) is 4.98 Å². The molecule has 100 valence electrons. The Hall–Kier alpha value is -1.87. The van der Waals surface area contributed by atoms with E-state index in [-0.39, 0.29) is 0 Å². The zero-order valence-corrected chi connectivity index (χ0v) is 11.6. The van der Waals surface area contributed by atoms with Crippen LogP contribution in [-0.4, -0.2) is 10.1 Å². The molecule has 0 unspecified atom stereocenters. The van der Waals surface area contributed by atoms with Gasteiger partial charge in [0.1, 0.15) is 11.5 Å². The predicted molar refractivity (Wildman–Crippen MR) is 75.5 cm³/mol. The second-order valence-electron chi connectivity index (χ2n) is 4.77. The normalized spacial score (nSPS) is 12.2. The average molecular weight is 257 g/mol. The Bertz CT molecular complexity index is 529. The quantitative estimate of drug-likeness (QED) is 0.902. The molecule has 1 N–H and O–H groups in total. The fraction of sp³-hybridized carbons (Fsp3) is 0.312. The Labute approximate surface area is 113 Å². The Morgan fingerprint density at radius 1 is 1.11 bits per heavy atom. The number of rotatable bonds is 4. The van der Waals surface area contributed by atoms with Crippen LogP contribution in [0.4, 0.5) is 0 Å². The van der Waals surface area contributed by atoms with Crippen LogP contribution in [0, 0.1) is 13.8 Å². The Kier molecular flexibility index (Phi) is 4.17. The van der Waals surface area contributed by atoms with Crippen molar-refractivity contribution in [3.8, 4) is 11.5 Å². The van der Waals surface area contributed by atoms with E-state index in [1.54, 1.807) is 12.3 Å². The summed E-state index contributed by atoms with van der Waals surface area (Å²) < 4.78 is 5.76. The van der Waals surface area contributed by atoms with Crippen LogP contribution >= 0.6 is 0 Å². The van der Waals surface area contributed by atoms with Crippen molar-refractivity contribution in [2.45, 2.75) is 33.3 Å².